The number of hydrogen-bond donors (Lipinski definition) is 0. The predicted octanol–water partition coefficient (Wildman–Crippen LogP) is 2.03. The Morgan fingerprint density at radius 2 is 2.40 bits per heavy atom. The quantitative estimate of drug-likeness (QED) is 0.689. The Kier molecular flexibility index (Phi) is 5.56. The molecule has 1 amide bonds. The van der Waals surface area contributed by atoms with Gasteiger partial charge in [-0.25, -0.2) is 0 Å². The number of thioether (sulfide) groups is 1. The Bertz CT molecular complexity index is 249. The molecule has 0 aromatic heterocycles. The molecule has 0 aromatic rings. The zero-order valence-corrected chi connectivity index (χ0v) is 10.1. The van der Waals surface area contributed by atoms with Crippen molar-refractivity contribution in [3.8, 4) is 6.07 Å². The second kappa shape index (κ2) is 6.73. The van der Waals surface area contributed by atoms with Crippen molar-refractivity contribution in [2.75, 3.05) is 18.1 Å². The Morgan fingerprint density at radius 3 is 3.07 bits per heavy atom. The fraction of sp³-hybridized carbons (Fsp3) is 0.818. The van der Waals surface area contributed by atoms with Crippen molar-refractivity contribution in [3.05, 3.63) is 0 Å². The summed E-state index contributed by atoms with van der Waals surface area (Å²) in [5.41, 5.74) is 0. The number of nitrogens with zero attached hydrogens (tertiary/aromatic N) is 2. The fourth-order valence-electron chi connectivity index (χ4n) is 2.02. The molecule has 1 aliphatic rings. The smallest absolute Gasteiger partial charge is 0.232 e. The molecule has 0 aromatic carbocycles. The number of piperidine rings is 1. The normalized spacial score (nSPS) is 21.1. The largest absolute Gasteiger partial charge is 0.339 e. The van der Waals surface area contributed by atoms with E-state index in [9.17, 15) is 4.79 Å². The highest BCUT2D eigenvalue weighted by molar-refractivity contribution is 8.00. The minimum atomic E-state index is 0.210. The average Bonchev–Trinajstić information content (AvgIpc) is 2.29. The van der Waals surface area contributed by atoms with Crippen LogP contribution >= 0.6 is 11.8 Å². The Balaban J connectivity index is 2.38. The Morgan fingerprint density at radius 1 is 1.60 bits per heavy atom. The molecular formula is C11H18N2OS. The van der Waals surface area contributed by atoms with Crippen LogP contribution in [0.2, 0.25) is 0 Å². The SMILES string of the molecule is CCC1CCCCN1C(=O)CSCC#N. The fourth-order valence-corrected chi connectivity index (χ4v) is 2.55. The van der Waals surface area contributed by atoms with Crippen LogP contribution in [0.1, 0.15) is 32.6 Å². The van der Waals surface area contributed by atoms with Crippen LogP contribution in [-0.4, -0.2) is 34.9 Å². The number of hydrogen-bond acceptors (Lipinski definition) is 3. The molecule has 0 aliphatic carbocycles. The monoisotopic (exact) mass is 226 g/mol. The highest BCUT2D eigenvalue weighted by Crippen LogP contribution is 2.20. The van der Waals surface area contributed by atoms with Gasteiger partial charge in [0.05, 0.1) is 17.6 Å². The van der Waals surface area contributed by atoms with Crippen molar-refractivity contribution < 1.29 is 4.79 Å². The lowest BCUT2D eigenvalue weighted by Gasteiger charge is -2.35. The van der Waals surface area contributed by atoms with Crippen LogP contribution < -0.4 is 0 Å². The number of likely N-dealkylation sites (tertiary alicyclic amines) is 1. The molecule has 1 aliphatic heterocycles. The van der Waals surface area contributed by atoms with Crippen molar-refractivity contribution in [1.82, 2.24) is 4.90 Å². The molecule has 15 heavy (non-hydrogen) atoms. The van der Waals surface area contributed by atoms with E-state index in [0.717, 1.165) is 25.8 Å². The molecule has 0 spiro atoms. The maximum atomic E-state index is 11.8. The zero-order valence-electron chi connectivity index (χ0n) is 9.24. The molecule has 0 saturated carbocycles. The van der Waals surface area contributed by atoms with Crippen molar-refractivity contribution in [1.29, 1.82) is 5.26 Å². The molecule has 1 atom stereocenters. The molecular weight excluding hydrogens is 208 g/mol. The number of amides is 1. The third-order valence-corrected chi connectivity index (χ3v) is 3.60. The van der Waals surface area contributed by atoms with Gasteiger partial charge in [0.2, 0.25) is 5.91 Å². The van der Waals surface area contributed by atoms with E-state index in [4.69, 9.17) is 5.26 Å². The van der Waals surface area contributed by atoms with Crippen LogP contribution in [0.15, 0.2) is 0 Å². The molecule has 84 valence electrons. The second-order valence-corrected chi connectivity index (χ2v) is 4.78. The Hall–Kier alpha value is -0.690. The van der Waals surface area contributed by atoms with E-state index in [2.05, 4.69) is 6.92 Å². The first-order valence-electron chi connectivity index (χ1n) is 5.53. The lowest BCUT2D eigenvalue weighted by Crippen LogP contribution is -2.44. The van der Waals surface area contributed by atoms with Crippen LogP contribution in [0.4, 0.5) is 0 Å². The maximum absolute atomic E-state index is 11.8. The van der Waals surface area contributed by atoms with Gasteiger partial charge >= 0.3 is 0 Å². The van der Waals surface area contributed by atoms with Gasteiger partial charge in [-0.1, -0.05) is 6.92 Å². The summed E-state index contributed by atoms with van der Waals surface area (Å²) in [5, 5.41) is 8.39. The standard InChI is InChI=1S/C11H18N2OS/c1-2-10-5-3-4-7-13(10)11(14)9-15-8-6-12/h10H,2-5,7-9H2,1H3. The molecule has 0 N–H and O–H groups in total. The molecule has 0 bridgehead atoms. The number of nitriles is 1. The third-order valence-electron chi connectivity index (χ3n) is 2.81. The van der Waals surface area contributed by atoms with Gasteiger partial charge in [0, 0.05) is 12.6 Å². The number of carbonyl (C=O) groups is 1. The first kappa shape index (κ1) is 12.4. The van der Waals surface area contributed by atoms with Crippen molar-refractivity contribution in [2.24, 2.45) is 0 Å². The summed E-state index contributed by atoms with van der Waals surface area (Å²) in [6.45, 7) is 3.04. The van der Waals surface area contributed by atoms with E-state index < -0.39 is 0 Å². The molecule has 1 rings (SSSR count). The van der Waals surface area contributed by atoms with Crippen LogP contribution in [0.3, 0.4) is 0 Å². The number of rotatable bonds is 4. The van der Waals surface area contributed by atoms with Crippen LogP contribution in [0, 0.1) is 11.3 Å². The topological polar surface area (TPSA) is 44.1 Å². The summed E-state index contributed by atoms with van der Waals surface area (Å²) >= 11 is 1.42. The van der Waals surface area contributed by atoms with Crippen LogP contribution in [0.5, 0.6) is 0 Å². The summed E-state index contributed by atoms with van der Waals surface area (Å²) in [6.07, 6.45) is 4.57. The minimum absolute atomic E-state index is 0.210. The molecule has 0 radical (unpaired) electrons. The molecule has 4 heteroatoms. The maximum Gasteiger partial charge on any atom is 0.232 e. The highest BCUT2D eigenvalue weighted by atomic mass is 32.2. The minimum Gasteiger partial charge on any atom is -0.339 e. The average molecular weight is 226 g/mol. The lowest BCUT2D eigenvalue weighted by atomic mass is 10.0. The van der Waals surface area contributed by atoms with Gasteiger partial charge in [0.1, 0.15) is 0 Å². The summed E-state index contributed by atoms with van der Waals surface area (Å²) in [5.74, 6) is 1.09. The van der Waals surface area contributed by atoms with E-state index in [0.29, 0.717) is 17.5 Å². The number of carbonyl (C=O) groups excluding carboxylic acids is 1. The van der Waals surface area contributed by atoms with E-state index in [1.807, 2.05) is 11.0 Å². The summed E-state index contributed by atoms with van der Waals surface area (Å²) in [4.78, 5) is 13.8. The highest BCUT2D eigenvalue weighted by Gasteiger charge is 2.24. The third kappa shape index (κ3) is 3.75. The molecule has 3 nitrogen and oxygen atoms in total. The summed E-state index contributed by atoms with van der Waals surface area (Å²) in [6, 6.07) is 2.48. The van der Waals surface area contributed by atoms with E-state index in [1.165, 1.54) is 18.2 Å². The lowest BCUT2D eigenvalue weighted by molar-refractivity contribution is -0.132. The van der Waals surface area contributed by atoms with Crippen molar-refractivity contribution in [2.45, 2.75) is 38.6 Å². The van der Waals surface area contributed by atoms with Crippen LogP contribution in [-0.2, 0) is 4.79 Å². The zero-order chi connectivity index (χ0) is 11.1. The van der Waals surface area contributed by atoms with E-state index in [1.54, 1.807) is 0 Å². The second-order valence-electron chi connectivity index (χ2n) is 3.80. The predicted molar refractivity (Wildman–Crippen MR) is 62.6 cm³/mol. The first-order chi connectivity index (χ1) is 7.29. The van der Waals surface area contributed by atoms with Gasteiger partial charge in [-0.05, 0) is 25.7 Å². The van der Waals surface area contributed by atoms with Crippen molar-refractivity contribution in [3.63, 3.8) is 0 Å². The van der Waals surface area contributed by atoms with Gasteiger partial charge in [-0.3, -0.25) is 4.79 Å². The molecule has 1 fully saturated rings. The van der Waals surface area contributed by atoms with Gasteiger partial charge in [-0.2, -0.15) is 5.26 Å². The van der Waals surface area contributed by atoms with Gasteiger partial charge in [0.15, 0.2) is 0 Å². The molecule has 1 unspecified atom stereocenters. The van der Waals surface area contributed by atoms with Gasteiger partial charge in [-0.15, -0.1) is 11.8 Å². The van der Waals surface area contributed by atoms with Gasteiger partial charge in [0.25, 0.3) is 0 Å². The van der Waals surface area contributed by atoms with Gasteiger partial charge < -0.3 is 4.90 Å². The summed E-state index contributed by atoms with van der Waals surface area (Å²) in [7, 11) is 0. The van der Waals surface area contributed by atoms with E-state index in [-0.39, 0.29) is 5.91 Å². The van der Waals surface area contributed by atoms with E-state index >= 15 is 0 Å². The molecule has 1 heterocycles. The van der Waals surface area contributed by atoms with Crippen LogP contribution in [0.25, 0.3) is 0 Å². The molecule has 1 saturated heterocycles. The van der Waals surface area contributed by atoms with Crippen molar-refractivity contribution >= 4 is 17.7 Å². The summed E-state index contributed by atoms with van der Waals surface area (Å²) < 4.78 is 0. The first-order valence-corrected chi connectivity index (χ1v) is 6.69. The Labute approximate surface area is 95.8 Å².